The van der Waals surface area contributed by atoms with E-state index < -0.39 is 19.7 Å². The highest BCUT2D eigenvalue weighted by molar-refractivity contribution is 7.92. The van der Waals surface area contributed by atoms with Gasteiger partial charge in [-0.15, -0.1) is 0 Å². The molecule has 0 heterocycles. The van der Waals surface area contributed by atoms with Crippen molar-refractivity contribution in [1.82, 2.24) is 0 Å². The Kier molecular flexibility index (Phi) is 94.7. The Morgan fingerprint density at radius 1 is 0.343 bits per heavy atom. The highest BCUT2D eigenvalue weighted by Gasteiger charge is 2.18. The van der Waals surface area contributed by atoms with Crippen LogP contribution >= 0.6 is 0 Å². The van der Waals surface area contributed by atoms with Crippen LogP contribution in [-0.2, 0) is 51.7 Å². The molecule has 0 aromatic heterocycles. The fourth-order valence-electron chi connectivity index (χ4n) is 5.40. The Morgan fingerprint density at radius 3 is 0.755 bits per heavy atom. The lowest BCUT2D eigenvalue weighted by Crippen LogP contribution is -2.13. The average molecular weight is 1460 g/mol. The molecule has 0 aliphatic rings. The van der Waals surface area contributed by atoms with Crippen LogP contribution in [0, 0.1) is 71.0 Å². The summed E-state index contributed by atoms with van der Waals surface area (Å²) in [6.45, 7) is 74.2. The molecule has 0 bridgehead atoms. The van der Waals surface area contributed by atoms with Crippen molar-refractivity contribution in [1.29, 1.82) is 0 Å². The number of benzene rings is 5. The van der Waals surface area contributed by atoms with Gasteiger partial charge in [-0.25, -0.2) is 16.8 Å². The third kappa shape index (κ3) is 90.0. The standard InChI is InChI=1S/C11H12.C10H12O.2C10H14.C9H12O2S.C7H14O.3C5H10O.C5H12.C4H10O2S.5C2H6/c1-10(2)8-9-11-6-4-3-5-7-11;1-8(2)10(11)9-6-4-3-5-7-9;2*1-9(2)8-10-6-4-3-5-7-10;1-8(2)12(10,11)9-6-4-3-5-7-9;1-5(2)7(8)6(3)4;3*1-4(2)5(3)6;1-4-5(2)3;1-4(2)7(3,5)6;5*1-2/h3-7,10H,1-2H3;3-8H,1-2H3;2*3-7,9H,8H2,1-2H3;3-8H,1-2H3;5-6H,1-4H3;3*4H,1-3H3;5H,4H2,1-3H3;4H,1-3H3;5*1-2H3. The molecule has 590 valence electrons. The molecule has 0 amide bonds. The summed E-state index contributed by atoms with van der Waals surface area (Å²) in [7, 11) is -5.82. The molecule has 9 nitrogen and oxygen atoms in total. The Morgan fingerprint density at radius 2 is 0.578 bits per heavy atom. The van der Waals surface area contributed by atoms with Gasteiger partial charge in [0, 0.05) is 58.8 Å². The Balaban J connectivity index is -0.0000000988. The average Bonchev–Trinajstić information content (AvgIpc) is 0.843. The number of sulfone groups is 2. The highest BCUT2D eigenvalue weighted by Crippen LogP contribution is 2.15. The van der Waals surface area contributed by atoms with Gasteiger partial charge in [-0.2, -0.15) is 0 Å². The molecule has 5 aromatic rings. The minimum Gasteiger partial charge on any atom is -0.300 e. The minimum absolute atomic E-state index is 0.0948. The number of carbonyl (C=O) groups excluding carboxylic acids is 5. The van der Waals surface area contributed by atoms with Crippen molar-refractivity contribution in [3.05, 3.63) is 174 Å². The summed E-state index contributed by atoms with van der Waals surface area (Å²) in [4.78, 5) is 53.0. The molecule has 0 aliphatic heterocycles. The summed E-state index contributed by atoms with van der Waals surface area (Å²) in [6, 6.07) is 49.2. The van der Waals surface area contributed by atoms with Gasteiger partial charge in [-0.1, -0.05) is 360 Å². The van der Waals surface area contributed by atoms with Gasteiger partial charge in [0.05, 0.1) is 15.4 Å². The largest absolute Gasteiger partial charge is 0.300 e. The monoisotopic (exact) mass is 1460 g/mol. The number of Topliss-reactive ketones (excluding diaryl/α,β-unsaturated/α-hetero) is 5. The minimum atomic E-state index is -3.08. The lowest BCUT2D eigenvalue weighted by molar-refractivity contribution is -0.125. The summed E-state index contributed by atoms with van der Waals surface area (Å²) in [6.07, 6.45) is 4.93. The molecule has 0 radical (unpaired) electrons. The van der Waals surface area contributed by atoms with Gasteiger partial charge in [-0.05, 0) is 114 Å². The van der Waals surface area contributed by atoms with Crippen molar-refractivity contribution >= 4 is 48.6 Å². The van der Waals surface area contributed by atoms with Gasteiger partial charge in [0.15, 0.2) is 15.6 Å². The van der Waals surface area contributed by atoms with Crippen molar-refractivity contribution in [3.63, 3.8) is 0 Å². The van der Waals surface area contributed by atoms with Crippen LogP contribution in [0.25, 0.3) is 0 Å². The fraction of sp³-hybridized carbons (Fsp3) is 0.593. The van der Waals surface area contributed by atoms with E-state index in [9.17, 15) is 40.8 Å². The number of carbonyl (C=O) groups is 5. The molecule has 5 rings (SSSR count). The second-order valence-corrected chi connectivity index (χ2v) is 31.5. The van der Waals surface area contributed by atoms with E-state index in [1.165, 1.54) is 36.6 Å². The topological polar surface area (TPSA) is 154 Å². The molecule has 11 heteroatoms. The highest BCUT2D eigenvalue weighted by atomic mass is 32.2. The normalized spacial score (nSPS) is 9.60. The summed E-state index contributed by atoms with van der Waals surface area (Å²) in [5.74, 6) is 11.6. The molecule has 0 fully saturated rings. The van der Waals surface area contributed by atoms with Crippen molar-refractivity contribution in [2.24, 2.45) is 59.2 Å². The molecule has 0 N–H and O–H groups in total. The first-order valence-corrected chi connectivity index (χ1v) is 41.6. The molecule has 0 spiro atoms. The van der Waals surface area contributed by atoms with E-state index in [1.54, 1.807) is 78.8 Å². The third-order valence-electron chi connectivity index (χ3n) is 12.8. The predicted octanol–water partition coefficient (Wildman–Crippen LogP) is 26.0. The first kappa shape index (κ1) is 120. The lowest BCUT2D eigenvalue weighted by Gasteiger charge is -2.06. The number of ketones is 5. The van der Waals surface area contributed by atoms with Gasteiger partial charge in [0.2, 0.25) is 0 Å². The van der Waals surface area contributed by atoms with Crippen molar-refractivity contribution in [3.8, 4) is 11.8 Å². The molecular formula is C91H160O9S2. The first-order chi connectivity index (χ1) is 47.3. The van der Waals surface area contributed by atoms with Crippen molar-refractivity contribution in [2.45, 2.75) is 298 Å². The quantitative estimate of drug-likeness (QED) is 0.0736. The van der Waals surface area contributed by atoms with Crippen LogP contribution in [0.4, 0.5) is 0 Å². The zero-order valence-corrected chi connectivity index (χ0v) is 74.6. The van der Waals surface area contributed by atoms with Crippen molar-refractivity contribution < 1.29 is 40.8 Å². The SMILES string of the molecule is CC.CC.CC.CC.CC.CC(=O)C(C)C.CC(=O)C(C)C.CC(=O)C(C)C.CC(C)C#Cc1ccccc1.CC(C)C(=O)C(C)C.CC(C)C(=O)c1ccccc1.CC(C)Cc1ccccc1.CC(C)Cc1ccccc1.CC(C)S(=O)(=O)c1ccccc1.CC(C)S(C)(=O)=O.CCC(C)C. The van der Waals surface area contributed by atoms with Gasteiger partial charge < -0.3 is 0 Å². The van der Waals surface area contributed by atoms with Crippen LogP contribution in [0.5, 0.6) is 0 Å². The van der Waals surface area contributed by atoms with E-state index in [0.717, 1.165) is 28.9 Å². The van der Waals surface area contributed by atoms with E-state index in [1.807, 2.05) is 213 Å². The molecular weight excluding hydrogens is 1300 g/mol. The van der Waals surface area contributed by atoms with Crippen LogP contribution in [-0.4, -0.2) is 62.5 Å². The predicted molar refractivity (Wildman–Crippen MR) is 456 cm³/mol. The van der Waals surface area contributed by atoms with Crippen LogP contribution in [0.15, 0.2) is 157 Å². The van der Waals surface area contributed by atoms with Crippen LogP contribution in [0.3, 0.4) is 0 Å². The zero-order chi connectivity index (χ0) is 82.9. The smallest absolute Gasteiger partial charge is 0.180 e. The summed E-state index contributed by atoms with van der Waals surface area (Å²) in [5, 5.41) is -0.576. The summed E-state index contributed by atoms with van der Waals surface area (Å²) < 4.78 is 43.7. The van der Waals surface area contributed by atoms with E-state index in [-0.39, 0.29) is 69.1 Å². The second kappa shape index (κ2) is 80.6. The van der Waals surface area contributed by atoms with Crippen LogP contribution < -0.4 is 0 Å². The molecule has 0 aliphatic carbocycles. The van der Waals surface area contributed by atoms with Crippen molar-refractivity contribution in [2.75, 3.05) is 6.26 Å². The third-order valence-corrected chi connectivity index (χ3v) is 16.7. The molecule has 0 atom stereocenters. The first-order valence-electron chi connectivity index (χ1n) is 38.1. The van der Waals surface area contributed by atoms with Gasteiger partial charge in [0.25, 0.3) is 0 Å². The molecule has 0 unspecified atom stereocenters. The second-order valence-electron chi connectivity index (χ2n) is 26.4. The molecule has 5 aromatic carbocycles. The van der Waals surface area contributed by atoms with E-state index in [0.29, 0.717) is 16.6 Å². The summed E-state index contributed by atoms with van der Waals surface area (Å²) >= 11 is 0. The summed E-state index contributed by atoms with van der Waals surface area (Å²) in [5.41, 5.74) is 4.79. The van der Waals surface area contributed by atoms with Crippen LogP contribution in [0.1, 0.15) is 297 Å². The van der Waals surface area contributed by atoms with E-state index in [2.05, 4.69) is 135 Å². The molecule has 0 saturated carbocycles. The van der Waals surface area contributed by atoms with E-state index >= 15 is 0 Å². The maximum absolute atomic E-state index is 11.5. The number of rotatable bonds is 15. The Hall–Kier alpha value is -6.09. The maximum Gasteiger partial charge on any atom is 0.180 e. The molecule has 0 saturated heterocycles. The maximum atomic E-state index is 11.5. The zero-order valence-electron chi connectivity index (χ0n) is 73.0. The number of hydrogen-bond acceptors (Lipinski definition) is 9. The number of hydrogen-bond donors (Lipinski definition) is 0. The Bertz CT molecular complexity index is 2800. The van der Waals surface area contributed by atoms with E-state index in [4.69, 9.17) is 0 Å². The van der Waals surface area contributed by atoms with Gasteiger partial charge in [-0.3, -0.25) is 24.0 Å². The van der Waals surface area contributed by atoms with Gasteiger partial charge >= 0.3 is 0 Å². The molecule has 102 heavy (non-hydrogen) atoms. The fourth-order valence-corrected chi connectivity index (χ4v) is 6.49. The Labute approximate surface area is 634 Å². The lowest BCUT2D eigenvalue weighted by atomic mass is 9.99. The van der Waals surface area contributed by atoms with Crippen LogP contribution in [0.2, 0.25) is 0 Å². The van der Waals surface area contributed by atoms with Gasteiger partial charge in [0.1, 0.15) is 33.0 Å².